The maximum absolute atomic E-state index is 11.6. The molecular formula is C65H64N2O6. The zero-order chi connectivity index (χ0) is 51.9. The fraction of sp³-hybridized carbons (Fsp3) is 0.169. The Hall–Kier alpha value is -8.62. The van der Waals surface area contributed by atoms with Crippen molar-refractivity contribution in [1.82, 2.24) is 0 Å². The quantitative estimate of drug-likeness (QED) is 0.0622. The van der Waals surface area contributed by atoms with Gasteiger partial charge in [0.1, 0.15) is 36.9 Å². The lowest BCUT2D eigenvalue weighted by atomic mass is 10.0. The Kier molecular flexibility index (Phi) is 17.9. The average Bonchev–Trinajstić information content (AvgIpc) is 3.40. The predicted molar refractivity (Wildman–Crippen MR) is 299 cm³/mol. The van der Waals surface area contributed by atoms with E-state index in [0.717, 1.165) is 74.0 Å². The number of aryl methyl sites for hydroxylation is 4. The summed E-state index contributed by atoms with van der Waals surface area (Å²) in [5.74, 6) is 0.594. The van der Waals surface area contributed by atoms with Crippen molar-refractivity contribution in [3.63, 3.8) is 0 Å². The van der Waals surface area contributed by atoms with Crippen LogP contribution in [0.5, 0.6) is 11.5 Å². The summed E-state index contributed by atoms with van der Waals surface area (Å²) in [4.78, 5) is 27.5. The van der Waals surface area contributed by atoms with E-state index in [2.05, 4.69) is 196 Å². The van der Waals surface area contributed by atoms with Gasteiger partial charge in [-0.25, -0.2) is 9.59 Å². The largest absolute Gasteiger partial charge is 0.490 e. The average molecular weight is 969 g/mol. The normalized spacial score (nSPS) is 11.4. The number of anilines is 6. The second-order valence-corrected chi connectivity index (χ2v) is 18.2. The van der Waals surface area contributed by atoms with Crippen LogP contribution in [0.2, 0.25) is 0 Å². The molecule has 8 aromatic rings. The van der Waals surface area contributed by atoms with Gasteiger partial charge in [-0.15, -0.1) is 0 Å². The number of benzene rings is 8. The van der Waals surface area contributed by atoms with Crippen molar-refractivity contribution in [2.45, 2.75) is 60.7 Å². The molecule has 73 heavy (non-hydrogen) atoms. The van der Waals surface area contributed by atoms with Crippen LogP contribution in [0.1, 0.15) is 43.0 Å². The molecule has 0 N–H and O–H groups in total. The first-order valence-electron chi connectivity index (χ1n) is 24.5. The number of hydrogen-bond acceptors (Lipinski definition) is 8. The van der Waals surface area contributed by atoms with Crippen LogP contribution in [0.25, 0.3) is 22.3 Å². The molecule has 0 radical (unpaired) electrons. The maximum atomic E-state index is 11.6. The first-order chi connectivity index (χ1) is 35.2. The third-order valence-electron chi connectivity index (χ3n) is 11.9. The molecule has 0 spiro atoms. The zero-order valence-electron chi connectivity index (χ0n) is 42.9. The van der Waals surface area contributed by atoms with Gasteiger partial charge in [0.05, 0.1) is 0 Å². The Morgan fingerprint density at radius 2 is 0.671 bits per heavy atom. The second-order valence-electron chi connectivity index (χ2n) is 18.2. The maximum Gasteiger partial charge on any atom is 0.333 e. The molecule has 0 saturated carbocycles. The Labute approximate surface area is 431 Å². The number of carbonyl (C=O) groups is 2. The molecule has 0 aliphatic rings. The highest BCUT2D eigenvalue weighted by atomic mass is 16.6. The van der Waals surface area contributed by atoms with Crippen LogP contribution >= 0.6 is 0 Å². The lowest BCUT2D eigenvalue weighted by Gasteiger charge is -2.26. The number of nitrogens with zero attached hydrogens (tertiary/aromatic N) is 2. The smallest absolute Gasteiger partial charge is 0.333 e. The van der Waals surface area contributed by atoms with Crippen LogP contribution in [0.15, 0.2) is 219 Å². The van der Waals surface area contributed by atoms with Gasteiger partial charge in [0.25, 0.3) is 0 Å². The minimum Gasteiger partial charge on any atom is -0.490 e. The van der Waals surface area contributed by atoms with E-state index in [9.17, 15) is 9.59 Å². The highest BCUT2D eigenvalue weighted by Gasteiger charge is 2.16. The SMILES string of the molecule is C=C(C)C(=O)OC(C)COc1ccc(-c2ccc(N(c3ccc(C)cc3)c3ccc(C)cc3)cc2)cc1.C=CC(=O)OC(C)COc1ccc(-c2ccc(N(c3ccc(C)cc3)c3ccc(C)cc3)cc2)cc1. The Bertz CT molecular complexity index is 2970. The summed E-state index contributed by atoms with van der Waals surface area (Å²) in [7, 11) is 0. The summed E-state index contributed by atoms with van der Waals surface area (Å²) < 4.78 is 21.9. The van der Waals surface area contributed by atoms with Crippen LogP contribution in [-0.2, 0) is 19.1 Å². The third kappa shape index (κ3) is 14.7. The highest BCUT2D eigenvalue weighted by Crippen LogP contribution is 2.38. The van der Waals surface area contributed by atoms with E-state index < -0.39 is 11.9 Å². The molecule has 2 unspecified atom stereocenters. The molecule has 2 atom stereocenters. The number of ether oxygens (including phenoxy) is 4. The molecule has 0 saturated heterocycles. The lowest BCUT2D eigenvalue weighted by Crippen LogP contribution is -2.22. The predicted octanol–water partition coefficient (Wildman–Crippen LogP) is 16.3. The summed E-state index contributed by atoms with van der Waals surface area (Å²) in [6.45, 7) is 21.2. The molecule has 0 fully saturated rings. The van der Waals surface area contributed by atoms with Crippen molar-refractivity contribution in [3.8, 4) is 33.8 Å². The molecule has 370 valence electrons. The standard InChI is InChI=1S/C33H33NO3.C32H31NO3/c1-23(2)33(35)37-26(5)22-36-32-20-12-28(13-21-32)27-10-18-31(19-11-27)34(29-14-6-24(3)7-15-29)30-16-8-25(4)9-17-30;1-5-32(34)36-25(4)22-35-31-20-12-27(13-21-31)26-10-18-30(19-11-26)33(28-14-6-23(2)7-15-28)29-16-8-24(3)9-17-29/h6-21,26H,1,22H2,2-5H3;5-21,25H,1,22H2,2-4H3. The Balaban J connectivity index is 0.000000214. The van der Waals surface area contributed by atoms with E-state index in [0.29, 0.717) is 5.57 Å². The topological polar surface area (TPSA) is 77.5 Å². The molecule has 8 nitrogen and oxygen atoms in total. The van der Waals surface area contributed by atoms with Crippen LogP contribution < -0.4 is 19.3 Å². The van der Waals surface area contributed by atoms with Crippen LogP contribution in [0, 0.1) is 27.7 Å². The van der Waals surface area contributed by atoms with E-state index in [1.54, 1.807) is 20.8 Å². The minimum absolute atomic E-state index is 0.279. The second kappa shape index (κ2) is 25.0. The minimum atomic E-state index is -0.451. The van der Waals surface area contributed by atoms with Gasteiger partial charge in [-0.1, -0.05) is 132 Å². The first kappa shape index (κ1) is 52.2. The molecule has 0 aromatic heterocycles. The zero-order valence-corrected chi connectivity index (χ0v) is 42.9. The molecule has 0 amide bonds. The number of esters is 2. The number of carbonyl (C=O) groups excluding carboxylic acids is 2. The van der Waals surface area contributed by atoms with E-state index >= 15 is 0 Å². The van der Waals surface area contributed by atoms with E-state index in [4.69, 9.17) is 18.9 Å². The van der Waals surface area contributed by atoms with E-state index in [1.165, 1.54) is 22.3 Å². The molecule has 0 aliphatic heterocycles. The van der Waals surface area contributed by atoms with E-state index in [1.807, 2.05) is 48.5 Å². The van der Waals surface area contributed by atoms with Gasteiger partial charge in [-0.2, -0.15) is 0 Å². The summed E-state index contributed by atoms with van der Waals surface area (Å²) in [6, 6.07) is 67.3. The van der Waals surface area contributed by atoms with Gasteiger partial charge >= 0.3 is 11.9 Å². The Morgan fingerprint density at radius 1 is 0.425 bits per heavy atom. The van der Waals surface area contributed by atoms with Crippen molar-refractivity contribution in [2.24, 2.45) is 0 Å². The summed E-state index contributed by atoms with van der Waals surface area (Å²) >= 11 is 0. The van der Waals surface area contributed by atoms with Crippen molar-refractivity contribution < 1.29 is 28.5 Å². The van der Waals surface area contributed by atoms with Crippen molar-refractivity contribution in [1.29, 1.82) is 0 Å². The van der Waals surface area contributed by atoms with Gasteiger partial charge < -0.3 is 28.7 Å². The molecular weight excluding hydrogens is 905 g/mol. The van der Waals surface area contributed by atoms with E-state index in [-0.39, 0.29) is 25.4 Å². The molecule has 0 heterocycles. The summed E-state index contributed by atoms with van der Waals surface area (Å²) in [6.07, 6.45) is 0.436. The van der Waals surface area contributed by atoms with Gasteiger partial charge in [0.15, 0.2) is 0 Å². The summed E-state index contributed by atoms with van der Waals surface area (Å²) in [5.41, 5.74) is 16.4. The fourth-order valence-corrected chi connectivity index (χ4v) is 7.79. The molecule has 0 aliphatic carbocycles. The summed E-state index contributed by atoms with van der Waals surface area (Å²) in [5, 5.41) is 0. The fourth-order valence-electron chi connectivity index (χ4n) is 7.79. The van der Waals surface area contributed by atoms with Crippen molar-refractivity contribution >= 4 is 46.1 Å². The lowest BCUT2D eigenvalue weighted by molar-refractivity contribution is -0.145. The van der Waals surface area contributed by atoms with Gasteiger partial charge in [-0.05, 0) is 168 Å². The molecule has 0 bridgehead atoms. The van der Waals surface area contributed by atoms with Gasteiger partial charge in [0.2, 0.25) is 0 Å². The third-order valence-corrected chi connectivity index (χ3v) is 11.9. The van der Waals surface area contributed by atoms with Gasteiger partial charge in [-0.3, -0.25) is 0 Å². The first-order valence-corrected chi connectivity index (χ1v) is 24.5. The van der Waals surface area contributed by atoms with Crippen LogP contribution in [0.4, 0.5) is 34.1 Å². The molecule has 8 aromatic carbocycles. The number of rotatable bonds is 18. The Morgan fingerprint density at radius 3 is 0.932 bits per heavy atom. The van der Waals surface area contributed by atoms with Crippen LogP contribution in [0.3, 0.4) is 0 Å². The van der Waals surface area contributed by atoms with Gasteiger partial charge in [0, 0.05) is 45.8 Å². The van der Waals surface area contributed by atoms with Crippen molar-refractivity contribution in [3.05, 3.63) is 241 Å². The van der Waals surface area contributed by atoms with Crippen molar-refractivity contribution in [2.75, 3.05) is 23.0 Å². The monoisotopic (exact) mass is 968 g/mol. The number of hydrogen-bond donors (Lipinski definition) is 0. The molecule has 8 rings (SSSR count). The molecule has 8 heteroatoms. The highest BCUT2D eigenvalue weighted by molar-refractivity contribution is 5.87. The van der Waals surface area contributed by atoms with Crippen LogP contribution in [-0.4, -0.2) is 37.4 Å².